The molecule has 0 saturated heterocycles. The van der Waals surface area contributed by atoms with Crippen LogP contribution in [-0.2, 0) is 0 Å². The van der Waals surface area contributed by atoms with Crippen LogP contribution in [0.25, 0.3) is 0 Å². The van der Waals surface area contributed by atoms with Crippen LogP contribution >= 0.6 is 0 Å². The Bertz CT molecular complexity index is 203. The first-order chi connectivity index (χ1) is 6.52. The summed E-state index contributed by atoms with van der Waals surface area (Å²) < 4.78 is 0. The first-order valence-corrected chi connectivity index (χ1v) is 6.25. The van der Waals surface area contributed by atoms with Crippen molar-refractivity contribution in [3.05, 3.63) is 0 Å². The summed E-state index contributed by atoms with van der Waals surface area (Å²) in [6.45, 7) is 8.52. The molecule has 0 spiro atoms. The molecule has 0 bridgehead atoms. The molecular weight excluding hydrogens is 170 g/mol. The smallest absolute Gasteiger partial charge is 0.0118 e. The van der Waals surface area contributed by atoms with Gasteiger partial charge in [0, 0.05) is 12.6 Å². The van der Waals surface area contributed by atoms with Gasteiger partial charge in [-0.25, -0.2) is 0 Å². The highest BCUT2D eigenvalue weighted by Gasteiger charge is 2.39. The van der Waals surface area contributed by atoms with Gasteiger partial charge in [0.15, 0.2) is 0 Å². The van der Waals surface area contributed by atoms with E-state index in [4.69, 9.17) is 0 Å². The zero-order valence-corrected chi connectivity index (χ0v) is 10.0. The predicted molar refractivity (Wildman–Crippen MR) is 61.4 cm³/mol. The van der Waals surface area contributed by atoms with Crippen molar-refractivity contribution in [2.75, 3.05) is 6.54 Å². The second-order valence-electron chi connectivity index (χ2n) is 6.48. The highest BCUT2D eigenvalue weighted by Crippen LogP contribution is 2.45. The lowest BCUT2D eigenvalue weighted by Crippen LogP contribution is -2.45. The zero-order valence-electron chi connectivity index (χ0n) is 10.0. The summed E-state index contributed by atoms with van der Waals surface area (Å²) in [5.41, 5.74) is 1.19. The minimum Gasteiger partial charge on any atom is -0.313 e. The minimum absolute atomic E-state index is 0.531. The van der Waals surface area contributed by atoms with Gasteiger partial charge in [0.05, 0.1) is 0 Å². The lowest BCUT2D eigenvalue weighted by Gasteiger charge is -2.39. The molecule has 2 aliphatic rings. The average Bonchev–Trinajstić information content (AvgIpc) is 2.82. The number of nitrogens with one attached hydrogen (secondary N) is 1. The Morgan fingerprint density at radius 1 is 1.07 bits per heavy atom. The van der Waals surface area contributed by atoms with Crippen molar-refractivity contribution < 1.29 is 0 Å². The fourth-order valence-corrected chi connectivity index (χ4v) is 2.63. The molecule has 0 aromatic heterocycles. The van der Waals surface area contributed by atoms with Crippen LogP contribution in [0.15, 0.2) is 0 Å². The Balaban J connectivity index is 1.82. The third kappa shape index (κ3) is 2.31. The topological polar surface area (TPSA) is 12.0 Å². The minimum atomic E-state index is 0.531. The van der Waals surface area contributed by atoms with Gasteiger partial charge < -0.3 is 5.32 Å². The van der Waals surface area contributed by atoms with Crippen LogP contribution in [0.3, 0.4) is 0 Å². The van der Waals surface area contributed by atoms with Crippen molar-refractivity contribution in [1.29, 1.82) is 0 Å². The monoisotopic (exact) mass is 195 g/mol. The highest BCUT2D eigenvalue weighted by molar-refractivity contribution is 4.94. The molecule has 0 aromatic rings. The summed E-state index contributed by atoms with van der Waals surface area (Å²) in [7, 11) is 0. The first-order valence-electron chi connectivity index (χ1n) is 6.25. The predicted octanol–water partition coefficient (Wildman–Crippen LogP) is 3.34. The maximum Gasteiger partial charge on any atom is 0.0118 e. The van der Waals surface area contributed by atoms with Crippen molar-refractivity contribution in [2.24, 2.45) is 10.8 Å². The van der Waals surface area contributed by atoms with Crippen LogP contribution in [0, 0.1) is 10.8 Å². The van der Waals surface area contributed by atoms with Crippen molar-refractivity contribution in [3.63, 3.8) is 0 Å². The van der Waals surface area contributed by atoms with E-state index in [9.17, 15) is 0 Å². The molecular formula is C13H25N. The SMILES string of the molecule is CC1(CNC2CCCCC2(C)C)CC1. The summed E-state index contributed by atoms with van der Waals surface area (Å²) in [5.74, 6) is 0. The van der Waals surface area contributed by atoms with Gasteiger partial charge >= 0.3 is 0 Å². The van der Waals surface area contributed by atoms with Gasteiger partial charge in [-0.1, -0.05) is 33.6 Å². The van der Waals surface area contributed by atoms with Crippen LogP contribution in [0.1, 0.15) is 59.3 Å². The summed E-state index contributed by atoms with van der Waals surface area (Å²) in [6.07, 6.45) is 8.53. The summed E-state index contributed by atoms with van der Waals surface area (Å²) in [5, 5.41) is 3.81. The number of rotatable bonds is 3. The van der Waals surface area contributed by atoms with Gasteiger partial charge in [-0.3, -0.25) is 0 Å². The van der Waals surface area contributed by atoms with E-state index >= 15 is 0 Å². The summed E-state index contributed by atoms with van der Waals surface area (Å²) >= 11 is 0. The van der Waals surface area contributed by atoms with Gasteiger partial charge in [0.1, 0.15) is 0 Å². The molecule has 0 heterocycles. The molecule has 2 saturated carbocycles. The Labute approximate surface area is 88.7 Å². The zero-order chi connectivity index (χ0) is 10.2. The largest absolute Gasteiger partial charge is 0.313 e. The molecule has 1 nitrogen and oxygen atoms in total. The lowest BCUT2D eigenvalue weighted by atomic mass is 9.73. The normalized spacial score (nSPS) is 34.1. The van der Waals surface area contributed by atoms with Crippen LogP contribution in [0.5, 0.6) is 0 Å². The standard InChI is InChI=1S/C13H25N/c1-12(2)7-5-4-6-11(12)14-10-13(3)8-9-13/h11,14H,4-10H2,1-3H3. The summed E-state index contributed by atoms with van der Waals surface area (Å²) in [6, 6.07) is 0.772. The molecule has 0 aliphatic heterocycles. The molecule has 82 valence electrons. The highest BCUT2D eigenvalue weighted by atomic mass is 15.0. The summed E-state index contributed by atoms with van der Waals surface area (Å²) in [4.78, 5) is 0. The van der Waals surface area contributed by atoms with Gasteiger partial charge in [-0.15, -0.1) is 0 Å². The quantitative estimate of drug-likeness (QED) is 0.728. The Morgan fingerprint density at radius 2 is 1.79 bits per heavy atom. The molecule has 2 rings (SSSR count). The van der Waals surface area contributed by atoms with Gasteiger partial charge in [-0.05, 0) is 36.5 Å². The van der Waals surface area contributed by atoms with E-state index in [-0.39, 0.29) is 0 Å². The van der Waals surface area contributed by atoms with E-state index in [1.165, 1.54) is 45.1 Å². The molecule has 1 N–H and O–H groups in total. The van der Waals surface area contributed by atoms with E-state index in [0.717, 1.165) is 6.04 Å². The van der Waals surface area contributed by atoms with E-state index in [1.807, 2.05) is 0 Å². The van der Waals surface area contributed by atoms with E-state index in [2.05, 4.69) is 26.1 Å². The molecule has 1 unspecified atom stereocenters. The van der Waals surface area contributed by atoms with E-state index < -0.39 is 0 Å². The van der Waals surface area contributed by atoms with Gasteiger partial charge in [-0.2, -0.15) is 0 Å². The Kier molecular flexibility index (Phi) is 2.63. The maximum absolute atomic E-state index is 3.81. The second kappa shape index (κ2) is 3.52. The molecule has 0 amide bonds. The van der Waals surface area contributed by atoms with Crippen LogP contribution in [0.4, 0.5) is 0 Å². The van der Waals surface area contributed by atoms with Crippen molar-refractivity contribution >= 4 is 0 Å². The molecule has 1 heteroatoms. The van der Waals surface area contributed by atoms with Crippen LogP contribution in [0.2, 0.25) is 0 Å². The molecule has 14 heavy (non-hydrogen) atoms. The fraction of sp³-hybridized carbons (Fsp3) is 1.00. The Morgan fingerprint density at radius 3 is 2.36 bits per heavy atom. The molecule has 2 aliphatic carbocycles. The van der Waals surface area contributed by atoms with Crippen molar-refractivity contribution in [3.8, 4) is 0 Å². The van der Waals surface area contributed by atoms with E-state index in [1.54, 1.807) is 0 Å². The van der Waals surface area contributed by atoms with Gasteiger partial charge in [0.25, 0.3) is 0 Å². The van der Waals surface area contributed by atoms with E-state index in [0.29, 0.717) is 10.8 Å². The molecule has 2 fully saturated rings. The number of hydrogen-bond donors (Lipinski definition) is 1. The molecule has 0 radical (unpaired) electrons. The average molecular weight is 195 g/mol. The fourth-order valence-electron chi connectivity index (χ4n) is 2.63. The van der Waals surface area contributed by atoms with Gasteiger partial charge in [0.2, 0.25) is 0 Å². The first kappa shape index (κ1) is 10.5. The van der Waals surface area contributed by atoms with Crippen molar-refractivity contribution in [1.82, 2.24) is 5.32 Å². The molecule has 1 atom stereocenters. The second-order valence-corrected chi connectivity index (χ2v) is 6.48. The maximum atomic E-state index is 3.81. The third-order valence-electron chi connectivity index (χ3n) is 4.39. The third-order valence-corrected chi connectivity index (χ3v) is 4.39. The number of hydrogen-bond acceptors (Lipinski definition) is 1. The Hall–Kier alpha value is -0.0400. The molecule has 0 aromatic carbocycles. The van der Waals surface area contributed by atoms with Crippen LogP contribution < -0.4 is 5.32 Å². The van der Waals surface area contributed by atoms with Crippen LogP contribution in [-0.4, -0.2) is 12.6 Å². The lowest BCUT2D eigenvalue weighted by molar-refractivity contribution is 0.162. The van der Waals surface area contributed by atoms with Crippen molar-refractivity contribution in [2.45, 2.75) is 65.3 Å².